The Bertz CT molecular complexity index is 2060. The lowest BCUT2D eigenvalue weighted by Crippen LogP contribution is -2.59. The molecule has 7 atom stereocenters. The number of aromatic nitrogens is 1. The van der Waals surface area contributed by atoms with Crippen molar-refractivity contribution >= 4 is 44.6 Å². The number of carbonyl (C=O) groups is 4. The Kier molecular flexibility index (Phi) is 11.5. The number of sulfonamides is 1. The molecule has 57 heavy (non-hydrogen) atoms. The molecule has 3 fully saturated rings. The van der Waals surface area contributed by atoms with Crippen LogP contribution in [0.4, 0.5) is 22.4 Å². The number of hydrogen-bond acceptors (Lipinski definition) is 10. The molecule has 14 nitrogen and oxygen atoms in total. The summed E-state index contributed by atoms with van der Waals surface area (Å²) in [6.45, 7) is 4.60. The molecule has 0 bridgehead atoms. The molecule has 3 heterocycles. The van der Waals surface area contributed by atoms with Crippen LogP contribution in [0.2, 0.25) is 0 Å². The molecule has 2 saturated carbocycles. The summed E-state index contributed by atoms with van der Waals surface area (Å²) in [6.07, 6.45) is -0.334. The second kappa shape index (κ2) is 15.6. The number of halogens is 4. The zero-order chi connectivity index (χ0) is 41.7. The number of fused-ring (bicyclic) bond motifs is 3. The number of hydrogen-bond donors (Lipinski definition) is 3. The largest absolute Gasteiger partial charge is 0.496 e. The second-order valence-electron chi connectivity index (χ2n) is 16.1. The van der Waals surface area contributed by atoms with E-state index in [0.29, 0.717) is 51.3 Å². The van der Waals surface area contributed by atoms with Crippen molar-refractivity contribution in [2.24, 2.45) is 17.8 Å². The van der Waals surface area contributed by atoms with Crippen LogP contribution in [0.15, 0.2) is 36.5 Å². The van der Waals surface area contributed by atoms with Gasteiger partial charge in [-0.25, -0.2) is 22.6 Å². The van der Waals surface area contributed by atoms with Crippen molar-refractivity contribution in [3.05, 3.63) is 42.4 Å². The van der Waals surface area contributed by atoms with Crippen molar-refractivity contribution in [1.29, 1.82) is 0 Å². The van der Waals surface area contributed by atoms with E-state index in [9.17, 15) is 45.2 Å². The van der Waals surface area contributed by atoms with Gasteiger partial charge in [0.1, 0.15) is 35.3 Å². The highest BCUT2D eigenvalue weighted by atomic mass is 32.2. The zero-order valence-electron chi connectivity index (χ0n) is 32.2. The molecule has 3 N–H and O–H groups in total. The van der Waals surface area contributed by atoms with Crippen LogP contribution in [-0.2, 0) is 29.1 Å². The van der Waals surface area contributed by atoms with Crippen molar-refractivity contribution in [2.75, 3.05) is 13.7 Å². The molecular formula is C38H47F4N5O9S. The highest BCUT2D eigenvalue weighted by molar-refractivity contribution is 7.91. The first-order chi connectivity index (χ1) is 26.7. The smallest absolute Gasteiger partial charge is 0.427 e. The zero-order valence-corrected chi connectivity index (χ0v) is 33.0. The number of alkyl halides is 3. The lowest BCUT2D eigenvalue weighted by Gasteiger charge is -2.34. The average Bonchev–Trinajstić information content (AvgIpc) is 4.04. The SMILES string of the molecule is COc1cc(F)cc2c(O[C@@H]3C[C@H]4C(=O)N[C@]5(C(=O)NS(=O)(=O)C6CC6)CC5/C=C\CC[C@@H](C)C[C@@H](C)[C@H](NC(=O)OC(C)(C)C(F)(F)F)C(=O)N4C3)nccc12. The number of nitrogens with zero attached hydrogens (tertiary/aromatic N) is 2. The first kappa shape index (κ1) is 41.9. The van der Waals surface area contributed by atoms with Crippen molar-refractivity contribution in [3.63, 3.8) is 0 Å². The monoisotopic (exact) mass is 825 g/mol. The third-order valence-electron chi connectivity index (χ3n) is 11.2. The lowest BCUT2D eigenvalue weighted by atomic mass is 9.88. The van der Waals surface area contributed by atoms with E-state index in [1.54, 1.807) is 19.1 Å². The summed E-state index contributed by atoms with van der Waals surface area (Å²) in [5.41, 5.74) is -4.58. The molecule has 1 aromatic carbocycles. The summed E-state index contributed by atoms with van der Waals surface area (Å²) in [5.74, 6) is -4.40. The maximum absolute atomic E-state index is 14.7. The fourth-order valence-electron chi connectivity index (χ4n) is 7.56. The Morgan fingerprint density at radius 3 is 2.46 bits per heavy atom. The number of nitrogens with one attached hydrogen (secondary N) is 3. The van der Waals surface area contributed by atoms with Gasteiger partial charge in [0.15, 0.2) is 0 Å². The molecule has 6 rings (SSSR count). The standard InChI is InChI=1S/C38H47F4N5O9S/c1-20-8-6-7-9-22-18-37(22,34(50)46-57(52,53)25-10-11-25)45-31(48)28-17-24(55-32-27-15-23(39)16-29(54-5)26(27)12-13-43-32)19-47(28)33(49)30(21(2)14-20)44-35(51)56-36(3,4)38(40,41)42/h7,9,12-13,15-16,20-22,24-25,28,30H,6,8,10-11,14,17-19H2,1-5H3,(H,44,51)(H,45,48)(H,46,50)/b9-7-/t20-,21-,22?,24-,28+,30+,37-/m1/s1. The first-order valence-electron chi connectivity index (χ1n) is 18.9. The highest BCUT2D eigenvalue weighted by Gasteiger charge is 2.62. The molecule has 4 amide bonds. The van der Waals surface area contributed by atoms with Gasteiger partial charge in [-0.1, -0.05) is 26.0 Å². The van der Waals surface area contributed by atoms with Gasteiger partial charge < -0.3 is 29.7 Å². The molecule has 2 aliphatic carbocycles. The molecule has 2 aromatic rings. The Labute approximate surface area is 327 Å². The van der Waals surface area contributed by atoms with Gasteiger partial charge in [0.05, 0.1) is 24.3 Å². The number of pyridine rings is 1. The van der Waals surface area contributed by atoms with Crippen LogP contribution in [-0.4, -0.2) is 96.5 Å². The van der Waals surface area contributed by atoms with Crippen LogP contribution in [0.5, 0.6) is 11.6 Å². The maximum Gasteiger partial charge on any atom is 0.427 e. The number of allylic oxidation sites excluding steroid dienone is 1. The van der Waals surface area contributed by atoms with Crippen LogP contribution < -0.4 is 24.8 Å². The molecular weight excluding hydrogens is 779 g/mol. The summed E-state index contributed by atoms with van der Waals surface area (Å²) in [4.78, 5) is 61.3. The molecule has 312 valence electrons. The van der Waals surface area contributed by atoms with Crippen LogP contribution in [0, 0.1) is 23.6 Å². The summed E-state index contributed by atoms with van der Waals surface area (Å²) in [5, 5.41) is 5.04. The average molecular weight is 826 g/mol. The van der Waals surface area contributed by atoms with E-state index in [1.807, 2.05) is 13.0 Å². The molecule has 1 saturated heterocycles. The fraction of sp³-hybridized carbons (Fsp3) is 0.605. The van der Waals surface area contributed by atoms with Crippen molar-refractivity contribution in [3.8, 4) is 11.6 Å². The van der Waals surface area contributed by atoms with Crippen LogP contribution >= 0.6 is 0 Å². The normalized spacial score (nSPS) is 29.2. The predicted molar refractivity (Wildman–Crippen MR) is 197 cm³/mol. The molecule has 19 heteroatoms. The molecule has 0 radical (unpaired) electrons. The van der Waals surface area contributed by atoms with Crippen molar-refractivity contribution < 1.29 is 59.4 Å². The molecule has 0 spiro atoms. The van der Waals surface area contributed by atoms with E-state index in [2.05, 4.69) is 20.3 Å². The van der Waals surface area contributed by atoms with E-state index in [1.165, 1.54) is 25.4 Å². The molecule has 1 aromatic heterocycles. The minimum Gasteiger partial charge on any atom is -0.496 e. The van der Waals surface area contributed by atoms with E-state index in [-0.39, 0.29) is 42.3 Å². The van der Waals surface area contributed by atoms with Crippen molar-refractivity contribution in [2.45, 2.75) is 113 Å². The van der Waals surface area contributed by atoms with Crippen LogP contribution in [0.1, 0.15) is 72.6 Å². The van der Waals surface area contributed by atoms with Crippen molar-refractivity contribution in [1.82, 2.24) is 25.2 Å². The van der Waals surface area contributed by atoms with Gasteiger partial charge in [-0.3, -0.25) is 19.1 Å². The van der Waals surface area contributed by atoms with Gasteiger partial charge in [-0.2, -0.15) is 13.2 Å². The Morgan fingerprint density at radius 1 is 1.07 bits per heavy atom. The fourth-order valence-corrected chi connectivity index (χ4v) is 8.92. The maximum atomic E-state index is 14.7. The quantitative estimate of drug-likeness (QED) is 0.250. The summed E-state index contributed by atoms with van der Waals surface area (Å²) < 4.78 is 99.9. The van der Waals surface area contributed by atoms with Gasteiger partial charge in [-0.05, 0) is 76.3 Å². The summed E-state index contributed by atoms with van der Waals surface area (Å²) >= 11 is 0. The Hall–Kier alpha value is -4.68. The number of carbonyl (C=O) groups excluding carboxylic acids is 4. The summed E-state index contributed by atoms with van der Waals surface area (Å²) in [6, 6.07) is 1.08. The van der Waals surface area contributed by atoms with Crippen LogP contribution in [0.25, 0.3) is 10.8 Å². The van der Waals surface area contributed by atoms with Gasteiger partial charge >= 0.3 is 12.3 Å². The van der Waals surface area contributed by atoms with Gasteiger partial charge in [0, 0.05) is 30.0 Å². The number of amides is 4. The second-order valence-corrected chi connectivity index (χ2v) is 18.1. The van der Waals surface area contributed by atoms with Crippen LogP contribution in [0.3, 0.4) is 0 Å². The van der Waals surface area contributed by atoms with E-state index in [4.69, 9.17) is 14.2 Å². The van der Waals surface area contributed by atoms with Gasteiger partial charge in [0.2, 0.25) is 33.3 Å². The summed E-state index contributed by atoms with van der Waals surface area (Å²) in [7, 11) is -2.64. The van der Waals surface area contributed by atoms with E-state index in [0.717, 1.165) is 4.90 Å². The molecule has 2 aliphatic heterocycles. The number of ether oxygens (including phenoxy) is 3. The minimum atomic E-state index is -4.93. The Balaban J connectivity index is 1.36. The first-order valence-corrected chi connectivity index (χ1v) is 20.4. The number of benzene rings is 1. The number of alkyl carbamates (subject to hydrolysis) is 1. The van der Waals surface area contributed by atoms with Gasteiger partial charge in [-0.15, -0.1) is 0 Å². The number of methoxy groups -OCH3 is 1. The third kappa shape index (κ3) is 8.92. The molecule has 4 aliphatic rings. The third-order valence-corrected chi connectivity index (χ3v) is 13.0. The minimum absolute atomic E-state index is 0.0470. The number of rotatable bonds is 8. The highest BCUT2D eigenvalue weighted by Crippen LogP contribution is 2.46. The topological polar surface area (TPSA) is 182 Å². The van der Waals surface area contributed by atoms with E-state index >= 15 is 0 Å². The predicted octanol–water partition coefficient (Wildman–Crippen LogP) is 4.66. The molecule has 1 unspecified atom stereocenters. The Morgan fingerprint density at radius 2 is 1.79 bits per heavy atom. The lowest BCUT2D eigenvalue weighted by molar-refractivity contribution is -0.244. The van der Waals surface area contributed by atoms with E-state index < -0.39 is 92.2 Å². The van der Waals surface area contributed by atoms with Gasteiger partial charge in [0.25, 0.3) is 5.91 Å².